The Bertz CT molecular complexity index is 521. The van der Waals surface area contributed by atoms with E-state index >= 15 is 0 Å². The first-order chi connectivity index (χ1) is 8.29. The largest absolute Gasteiger partial charge is 0.392 e. The summed E-state index contributed by atoms with van der Waals surface area (Å²) in [4.78, 5) is 0.110. The van der Waals surface area contributed by atoms with Crippen molar-refractivity contribution >= 4 is 38.8 Å². The maximum atomic E-state index is 12.2. The first-order valence-corrected chi connectivity index (χ1v) is 7.55. The summed E-state index contributed by atoms with van der Waals surface area (Å²) in [5.74, 6) is 0. The maximum Gasteiger partial charge on any atom is 0.259 e. The molecule has 0 aliphatic heterocycles. The van der Waals surface area contributed by atoms with Gasteiger partial charge in [0.05, 0.1) is 22.2 Å². The zero-order valence-corrected chi connectivity index (χ0v) is 12.4. The van der Waals surface area contributed by atoms with Crippen LogP contribution in [0.3, 0.4) is 0 Å². The van der Waals surface area contributed by atoms with Crippen molar-refractivity contribution in [3.8, 4) is 0 Å². The zero-order valence-electron chi connectivity index (χ0n) is 10.1. The monoisotopic (exact) mass is 310 g/mol. The predicted molar refractivity (Wildman–Crippen MR) is 74.0 cm³/mol. The minimum absolute atomic E-state index is 0.0585. The Morgan fingerprint density at radius 3 is 2.72 bits per heavy atom. The molecule has 3 N–H and O–H groups in total. The molecule has 0 radical (unpaired) electrons. The van der Waals surface area contributed by atoms with Crippen LogP contribution in [0.15, 0.2) is 11.2 Å². The van der Waals surface area contributed by atoms with Gasteiger partial charge in [-0.2, -0.15) is 9.82 Å². The van der Waals surface area contributed by atoms with Crippen LogP contribution < -0.4 is 10.5 Å². The molecule has 0 amide bonds. The molecule has 1 rings (SSSR count). The molecule has 1 heterocycles. The Kier molecular flexibility index (Phi) is 5.09. The number of rotatable bonds is 6. The summed E-state index contributed by atoms with van der Waals surface area (Å²) in [7, 11) is -2.30. The van der Waals surface area contributed by atoms with Crippen molar-refractivity contribution < 1.29 is 8.42 Å². The fraction of sp³-hybridized carbons (Fsp3) is 0.556. The van der Waals surface area contributed by atoms with E-state index in [-0.39, 0.29) is 15.0 Å². The summed E-state index contributed by atoms with van der Waals surface area (Å²) in [6.07, 6.45) is 2.55. The van der Waals surface area contributed by atoms with Gasteiger partial charge >= 0.3 is 0 Å². The average Bonchev–Trinajstić information content (AvgIpc) is 2.58. The number of nitrogens with two attached hydrogens (primary N) is 1. The maximum absolute atomic E-state index is 12.2. The quantitative estimate of drug-likeness (QED) is 0.759. The molecule has 1 aromatic heterocycles. The molecule has 1 aromatic rings. The third-order valence-electron chi connectivity index (χ3n) is 2.32. The summed E-state index contributed by atoms with van der Waals surface area (Å²) in [6, 6.07) is -0.582. The van der Waals surface area contributed by atoms with Gasteiger partial charge in [0.2, 0.25) is 0 Å². The fourth-order valence-electron chi connectivity index (χ4n) is 1.49. The van der Waals surface area contributed by atoms with Crippen LogP contribution in [0, 0.1) is 0 Å². The number of nitrogens with zero attached hydrogens (tertiary/aromatic N) is 2. The number of sulfonamides is 1. The molecule has 0 aliphatic rings. The third kappa shape index (κ3) is 3.41. The molecule has 9 heteroatoms. The van der Waals surface area contributed by atoms with Crippen molar-refractivity contribution in [2.24, 2.45) is 12.8 Å². The first kappa shape index (κ1) is 15.4. The third-order valence-corrected chi connectivity index (χ3v) is 4.58. The standard InChI is InChI=1S/C9H15ClN4O2S2/c1-3-4-7(8(11)17)13-18(15,16)9-6(10)5-12-14(9)2/h5,7,13H,3-4H2,1-2H3,(H2,11,17). The highest BCUT2D eigenvalue weighted by molar-refractivity contribution is 7.89. The second kappa shape index (κ2) is 5.96. The molecular formula is C9H15ClN4O2S2. The van der Waals surface area contributed by atoms with Crippen LogP contribution in [-0.4, -0.2) is 29.2 Å². The highest BCUT2D eigenvalue weighted by atomic mass is 35.5. The Morgan fingerprint density at radius 2 is 2.33 bits per heavy atom. The Hall–Kier alpha value is -0.700. The molecule has 0 fully saturated rings. The van der Waals surface area contributed by atoms with Gasteiger partial charge in [-0.15, -0.1) is 0 Å². The molecule has 18 heavy (non-hydrogen) atoms. The van der Waals surface area contributed by atoms with Crippen LogP contribution >= 0.6 is 23.8 Å². The van der Waals surface area contributed by atoms with Gasteiger partial charge in [-0.05, 0) is 6.42 Å². The second-order valence-electron chi connectivity index (χ2n) is 3.79. The number of hydrogen-bond donors (Lipinski definition) is 2. The van der Waals surface area contributed by atoms with E-state index in [9.17, 15) is 8.42 Å². The van der Waals surface area contributed by atoms with E-state index in [0.29, 0.717) is 6.42 Å². The zero-order chi connectivity index (χ0) is 13.9. The molecule has 0 saturated heterocycles. The molecular weight excluding hydrogens is 296 g/mol. The van der Waals surface area contributed by atoms with Crippen molar-refractivity contribution in [2.75, 3.05) is 0 Å². The molecule has 0 saturated carbocycles. The minimum Gasteiger partial charge on any atom is -0.392 e. The lowest BCUT2D eigenvalue weighted by atomic mass is 10.2. The molecule has 1 unspecified atom stereocenters. The highest BCUT2D eigenvalue weighted by Gasteiger charge is 2.26. The second-order valence-corrected chi connectivity index (χ2v) is 6.29. The van der Waals surface area contributed by atoms with Gasteiger partial charge in [0.15, 0.2) is 5.03 Å². The van der Waals surface area contributed by atoms with Gasteiger partial charge < -0.3 is 5.73 Å². The number of nitrogens with one attached hydrogen (secondary N) is 1. The van der Waals surface area contributed by atoms with E-state index in [4.69, 9.17) is 29.6 Å². The van der Waals surface area contributed by atoms with E-state index in [1.807, 2.05) is 6.92 Å². The van der Waals surface area contributed by atoms with Crippen molar-refractivity contribution in [2.45, 2.75) is 30.8 Å². The van der Waals surface area contributed by atoms with Crippen LogP contribution in [0.4, 0.5) is 0 Å². The van der Waals surface area contributed by atoms with Crippen molar-refractivity contribution in [3.63, 3.8) is 0 Å². The van der Waals surface area contributed by atoms with E-state index < -0.39 is 16.1 Å². The summed E-state index contributed by atoms with van der Waals surface area (Å²) in [6.45, 7) is 1.91. The van der Waals surface area contributed by atoms with Crippen LogP contribution in [-0.2, 0) is 17.1 Å². The average molecular weight is 311 g/mol. The van der Waals surface area contributed by atoms with Gasteiger partial charge in [0.25, 0.3) is 10.0 Å². The van der Waals surface area contributed by atoms with Crippen molar-refractivity contribution in [1.29, 1.82) is 0 Å². The van der Waals surface area contributed by atoms with Crippen LogP contribution in [0.2, 0.25) is 5.02 Å². The smallest absolute Gasteiger partial charge is 0.259 e. The van der Waals surface area contributed by atoms with E-state index in [1.54, 1.807) is 0 Å². The lowest BCUT2D eigenvalue weighted by Gasteiger charge is -2.16. The Morgan fingerprint density at radius 1 is 1.72 bits per heavy atom. The summed E-state index contributed by atoms with van der Waals surface area (Å²) in [5.41, 5.74) is 5.51. The van der Waals surface area contributed by atoms with Crippen LogP contribution in [0.1, 0.15) is 19.8 Å². The molecule has 0 bridgehead atoms. The summed E-state index contributed by atoms with van der Waals surface area (Å²) < 4.78 is 27.9. The minimum atomic E-state index is -3.79. The molecule has 0 aliphatic carbocycles. The first-order valence-electron chi connectivity index (χ1n) is 5.28. The summed E-state index contributed by atoms with van der Waals surface area (Å²) in [5, 5.41) is 3.74. The highest BCUT2D eigenvalue weighted by Crippen LogP contribution is 2.20. The normalized spacial score (nSPS) is 13.5. The van der Waals surface area contributed by atoms with Gasteiger partial charge in [-0.3, -0.25) is 4.68 Å². The molecule has 6 nitrogen and oxygen atoms in total. The molecule has 0 spiro atoms. The number of aryl methyl sites for hydroxylation is 1. The van der Waals surface area contributed by atoms with Crippen molar-refractivity contribution in [3.05, 3.63) is 11.2 Å². The van der Waals surface area contributed by atoms with Gasteiger partial charge in [-0.1, -0.05) is 37.2 Å². The van der Waals surface area contributed by atoms with E-state index in [1.165, 1.54) is 17.9 Å². The Labute approximate surface area is 117 Å². The number of halogens is 1. The number of thiocarbonyl (C=S) groups is 1. The molecule has 102 valence electrons. The number of aromatic nitrogens is 2. The van der Waals surface area contributed by atoms with Crippen molar-refractivity contribution in [1.82, 2.24) is 14.5 Å². The molecule has 0 aromatic carbocycles. The Balaban J connectivity index is 3.05. The SMILES string of the molecule is CCCC(NS(=O)(=O)c1c(Cl)cnn1C)C(N)=S. The predicted octanol–water partition coefficient (Wildman–Crippen LogP) is 0.807. The van der Waals surface area contributed by atoms with Gasteiger partial charge in [-0.25, -0.2) is 8.42 Å². The van der Waals surface area contributed by atoms with Crippen LogP contribution in [0.5, 0.6) is 0 Å². The van der Waals surface area contributed by atoms with Gasteiger partial charge in [0.1, 0.15) is 0 Å². The topological polar surface area (TPSA) is 90.0 Å². The summed E-state index contributed by atoms with van der Waals surface area (Å²) >= 11 is 10.6. The lowest BCUT2D eigenvalue weighted by Crippen LogP contribution is -2.43. The van der Waals surface area contributed by atoms with Gasteiger partial charge in [0, 0.05) is 7.05 Å². The lowest BCUT2D eigenvalue weighted by molar-refractivity contribution is 0.551. The van der Waals surface area contributed by atoms with E-state index in [0.717, 1.165) is 6.42 Å². The van der Waals surface area contributed by atoms with E-state index in [2.05, 4.69) is 9.82 Å². The molecule has 1 atom stereocenters. The fourth-order valence-corrected chi connectivity index (χ4v) is 3.65. The van der Waals surface area contributed by atoms with Crippen LogP contribution in [0.25, 0.3) is 0 Å². The number of hydrogen-bond acceptors (Lipinski definition) is 4.